The van der Waals surface area contributed by atoms with Crippen molar-refractivity contribution >= 4 is 27.7 Å². The minimum Gasteiger partial charge on any atom is -0.314 e. The van der Waals surface area contributed by atoms with E-state index in [1.165, 1.54) is 94.4 Å². The van der Waals surface area contributed by atoms with Gasteiger partial charge in [-0.2, -0.15) is 0 Å². The zero-order chi connectivity index (χ0) is 42.1. The molecule has 9 aromatic carbocycles. The standard InChI is InChI=1S/C62H47N/c1-61(2)55-28-16-15-27-54(55)60-58(61)40-45-20-12-13-25-51(45)59(60)44-32-36-49(37-33-44)63(48-34-30-43(31-35-48)42-18-6-3-7-19-42)50-38-39-53-52-26-14-17-29-56(52)62(57(53)41-50,46-21-8-4-9-22-46)47-23-10-5-11-24-47/h3-32,34-36,38-41H,33,37H2,1-2H3. The number of fused-ring (bicyclic) bond motifs is 7. The van der Waals surface area contributed by atoms with E-state index in [2.05, 4.69) is 243 Å². The number of rotatable bonds is 7. The van der Waals surface area contributed by atoms with Crippen molar-refractivity contribution in [3.8, 4) is 33.4 Å². The lowest BCUT2D eigenvalue weighted by Crippen LogP contribution is -2.29. The predicted octanol–water partition coefficient (Wildman–Crippen LogP) is 16.1. The van der Waals surface area contributed by atoms with Crippen molar-refractivity contribution in [2.45, 2.75) is 37.5 Å². The fourth-order valence-corrected chi connectivity index (χ4v) is 11.4. The highest BCUT2D eigenvalue weighted by Gasteiger charge is 2.46. The first-order valence-corrected chi connectivity index (χ1v) is 22.4. The normalized spacial score (nSPS) is 15.1. The number of hydrogen-bond donors (Lipinski definition) is 0. The van der Waals surface area contributed by atoms with Gasteiger partial charge < -0.3 is 4.90 Å². The number of benzene rings is 9. The Kier molecular flexibility index (Phi) is 8.63. The first-order valence-electron chi connectivity index (χ1n) is 22.4. The van der Waals surface area contributed by atoms with E-state index in [1.807, 2.05) is 0 Å². The molecule has 12 rings (SSSR count). The first-order chi connectivity index (χ1) is 31.0. The van der Waals surface area contributed by atoms with Gasteiger partial charge in [-0.25, -0.2) is 0 Å². The second kappa shape index (κ2) is 14.6. The predicted molar refractivity (Wildman–Crippen MR) is 265 cm³/mol. The molecule has 0 spiro atoms. The minimum absolute atomic E-state index is 0.0778. The largest absolute Gasteiger partial charge is 0.314 e. The van der Waals surface area contributed by atoms with Gasteiger partial charge in [0, 0.05) is 22.5 Å². The molecule has 0 heterocycles. The van der Waals surface area contributed by atoms with Crippen molar-refractivity contribution in [3.63, 3.8) is 0 Å². The van der Waals surface area contributed by atoms with E-state index in [4.69, 9.17) is 0 Å². The average Bonchev–Trinajstić information content (AvgIpc) is 3.77. The van der Waals surface area contributed by atoms with Gasteiger partial charge in [0.1, 0.15) is 0 Å². The third-order valence-electron chi connectivity index (χ3n) is 14.3. The number of anilines is 2. The smallest absolute Gasteiger partial charge is 0.0714 e. The van der Waals surface area contributed by atoms with E-state index in [1.54, 1.807) is 0 Å². The summed E-state index contributed by atoms with van der Waals surface area (Å²) >= 11 is 0. The summed E-state index contributed by atoms with van der Waals surface area (Å²) in [6.45, 7) is 4.79. The number of hydrogen-bond acceptors (Lipinski definition) is 1. The molecule has 3 aliphatic carbocycles. The van der Waals surface area contributed by atoms with Crippen LogP contribution in [0.15, 0.2) is 230 Å². The summed E-state index contributed by atoms with van der Waals surface area (Å²) in [5, 5.41) is 2.64. The van der Waals surface area contributed by atoms with E-state index < -0.39 is 5.41 Å². The van der Waals surface area contributed by atoms with Crippen LogP contribution in [0.1, 0.15) is 65.6 Å². The van der Waals surface area contributed by atoms with Crippen LogP contribution in [0.3, 0.4) is 0 Å². The van der Waals surface area contributed by atoms with Crippen LogP contribution in [0, 0.1) is 0 Å². The van der Waals surface area contributed by atoms with Crippen LogP contribution >= 0.6 is 0 Å². The first kappa shape index (κ1) is 37.3. The van der Waals surface area contributed by atoms with Gasteiger partial charge in [0.2, 0.25) is 0 Å². The van der Waals surface area contributed by atoms with Gasteiger partial charge in [-0.05, 0) is 138 Å². The highest BCUT2D eigenvalue weighted by molar-refractivity contribution is 6.05. The van der Waals surface area contributed by atoms with Gasteiger partial charge >= 0.3 is 0 Å². The topological polar surface area (TPSA) is 3.24 Å². The van der Waals surface area contributed by atoms with Crippen LogP contribution < -0.4 is 4.90 Å². The fraction of sp³-hybridized carbons (Fsp3) is 0.0968. The van der Waals surface area contributed by atoms with Crippen molar-refractivity contribution in [1.82, 2.24) is 0 Å². The lowest BCUT2D eigenvalue weighted by atomic mass is 9.67. The van der Waals surface area contributed by atoms with E-state index in [0.29, 0.717) is 0 Å². The molecule has 9 aromatic rings. The molecule has 0 bridgehead atoms. The maximum Gasteiger partial charge on any atom is 0.0714 e. The molecule has 1 heteroatoms. The molecule has 0 saturated heterocycles. The quantitative estimate of drug-likeness (QED) is 0.155. The molecule has 300 valence electrons. The third kappa shape index (κ3) is 5.69. The Labute approximate surface area is 371 Å². The Morgan fingerprint density at radius 1 is 0.397 bits per heavy atom. The Bertz CT molecular complexity index is 3240. The SMILES string of the molecule is CC1(C)c2ccccc2-c2c1cc1ccccc1c2C1=CC=C(N(c2ccc(-c3ccccc3)cc2)c2ccc3c(c2)C(c2ccccc2)(c2ccccc2)c2ccccc2-3)CC1. The molecular formula is C62H47N. The van der Waals surface area contributed by atoms with Crippen molar-refractivity contribution in [1.29, 1.82) is 0 Å². The Hall–Kier alpha value is -7.48. The van der Waals surface area contributed by atoms with Gasteiger partial charge in [-0.1, -0.05) is 202 Å². The van der Waals surface area contributed by atoms with Crippen LogP contribution in [-0.4, -0.2) is 0 Å². The second-order valence-corrected chi connectivity index (χ2v) is 17.9. The van der Waals surface area contributed by atoms with Gasteiger partial charge in [0.25, 0.3) is 0 Å². The van der Waals surface area contributed by atoms with Crippen molar-refractivity contribution < 1.29 is 0 Å². The molecule has 0 amide bonds. The summed E-state index contributed by atoms with van der Waals surface area (Å²) in [4.78, 5) is 2.53. The monoisotopic (exact) mass is 805 g/mol. The lowest BCUT2D eigenvalue weighted by molar-refractivity contribution is 0.661. The zero-order valence-corrected chi connectivity index (χ0v) is 35.7. The Morgan fingerprint density at radius 3 is 1.67 bits per heavy atom. The summed E-state index contributed by atoms with van der Waals surface area (Å²) in [5.41, 5.74) is 21.6. The van der Waals surface area contributed by atoms with Crippen LogP contribution in [0.25, 0.3) is 49.7 Å². The fourth-order valence-electron chi connectivity index (χ4n) is 11.4. The minimum atomic E-state index is -0.486. The van der Waals surface area contributed by atoms with E-state index in [0.717, 1.165) is 24.2 Å². The molecule has 0 N–H and O–H groups in total. The van der Waals surface area contributed by atoms with Crippen LogP contribution in [0.5, 0.6) is 0 Å². The molecule has 0 aliphatic heterocycles. The number of allylic oxidation sites excluding steroid dienone is 4. The molecule has 0 atom stereocenters. The molecular weight excluding hydrogens is 759 g/mol. The summed E-state index contributed by atoms with van der Waals surface area (Å²) in [7, 11) is 0. The van der Waals surface area contributed by atoms with E-state index in [-0.39, 0.29) is 5.41 Å². The van der Waals surface area contributed by atoms with Crippen LogP contribution in [0.4, 0.5) is 11.4 Å². The highest BCUT2D eigenvalue weighted by atomic mass is 15.1. The molecule has 0 saturated carbocycles. The van der Waals surface area contributed by atoms with Crippen LogP contribution in [-0.2, 0) is 10.8 Å². The van der Waals surface area contributed by atoms with Crippen molar-refractivity contribution in [2.24, 2.45) is 0 Å². The van der Waals surface area contributed by atoms with E-state index >= 15 is 0 Å². The summed E-state index contributed by atoms with van der Waals surface area (Å²) in [6.07, 6.45) is 6.67. The maximum atomic E-state index is 2.53. The van der Waals surface area contributed by atoms with Crippen molar-refractivity contribution in [2.75, 3.05) is 4.90 Å². The summed E-state index contributed by atoms with van der Waals surface area (Å²) < 4.78 is 0. The lowest BCUT2D eigenvalue weighted by Gasteiger charge is -2.35. The summed E-state index contributed by atoms with van der Waals surface area (Å²) in [5.74, 6) is 0. The maximum absolute atomic E-state index is 2.53. The molecule has 0 radical (unpaired) electrons. The molecule has 3 aliphatic rings. The highest BCUT2D eigenvalue weighted by Crippen LogP contribution is 2.58. The zero-order valence-electron chi connectivity index (χ0n) is 35.7. The van der Waals surface area contributed by atoms with Gasteiger partial charge in [-0.3, -0.25) is 0 Å². The van der Waals surface area contributed by atoms with Crippen LogP contribution in [0.2, 0.25) is 0 Å². The Balaban J connectivity index is 1.06. The Morgan fingerprint density at radius 2 is 0.968 bits per heavy atom. The number of nitrogens with zero attached hydrogens (tertiary/aromatic N) is 1. The molecule has 0 aromatic heterocycles. The molecule has 63 heavy (non-hydrogen) atoms. The van der Waals surface area contributed by atoms with Gasteiger partial charge in [-0.15, -0.1) is 0 Å². The molecule has 1 nitrogen and oxygen atoms in total. The second-order valence-electron chi connectivity index (χ2n) is 17.9. The van der Waals surface area contributed by atoms with Gasteiger partial charge in [0.15, 0.2) is 0 Å². The van der Waals surface area contributed by atoms with Gasteiger partial charge in [0.05, 0.1) is 5.41 Å². The molecule has 0 fully saturated rings. The summed E-state index contributed by atoms with van der Waals surface area (Å²) in [6, 6.07) is 78.9. The average molecular weight is 806 g/mol. The van der Waals surface area contributed by atoms with E-state index in [9.17, 15) is 0 Å². The molecule has 0 unspecified atom stereocenters. The van der Waals surface area contributed by atoms with Crippen molar-refractivity contribution in [3.05, 3.63) is 269 Å². The third-order valence-corrected chi connectivity index (χ3v) is 14.3.